The van der Waals surface area contributed by atoms with Gasteiger partial charge in [0.05, 0.1) is 19.9 Å². The van der Waals surface area contributed by atoms with E-state index in [4.69, 9.17) is 14.0 Å². The highest BCUT2D eigenvalue weighted by Crippen LogP contribution is 2.32. The number of ether oxygens (including phenoxy) is 2. The van der Waals surface area contributed by atoms with Gasteiger partial charge >= 0.3 is 6.03 Å². The molecule has 2 rings (SSSR count). The quantitative estimate of drug-likeness (QED) is 0.878. The van der Waals surface area contributed by atoms with Crippen LogP contribution in [0.5, 0.6) is 11.5 Å². The maximum Gasteiger partial charge on any atom is 0.325 e. The minimum atomic E-state index is -0.618. The van der Waals surface area contributed by atoms with E-state index in [1.165, 1.54) is 20.3 Å². The average molecular weight is 323 g/mol. The lowest BCUT2D eigenvalue weighted by atomic mass is 10.2. The summed E-state index contributed by atoms with van der Waals surface area (Å²) in [5.41, 5.74) is 0.163. The number of methoxy groups -OCH3 is 2. The summed E-state index contributed by atoms with van der Waals surface area (Å²) in [5, 5.41) is 8.72. The number of aromatic nitrogens is 1. The van der Waals surface area contributed by atoms with Crippen molar-refractivity contribution < 1.29 is 23.2 Å². The number of nitrogens with zero attached hydrogens (tertiary/aromatic N) is 1. The van der Waals surface area contributed by atoms with Crippen LogP contribution in [-0.2, 0) is 0 Å². The number of hydrogen-bond acceptors (Lipinski definition) is 5. The fourth-order valence-corrected chi connectivity index (χ4v) is 1.85. The first-order valence-corrected chi connectivity index (χ1v) is 6.90. The van der Waals surface area contributed by atoms with Crippen LogP contribution in [0.2, 0.25) is 0 Å². The van der Waals surface area contributed by atoms with Gasteiger partial charge in [-0.15, -0.1) is 0 Å². The van der Waals surface area contributed by atoms with Crippen LogP contribution in [0.4, 0.5) is 20.7 Å². The second kappa shape index (κ2) is 6.99. The number of amides is 2. The van der Waals surface area contributed by atoms with Gasteiger partial charge in [0.2, 0.25) is 0 Å². The van der Waals surface area contributed by atoms with Crippen LogP contribution in [-0.4, -0.2) is 25.4 Å². The normalized spacial score (nSPS) is 10.5. The summed E-state index contributed by atoms with van der Waals surface area (Å²) >= 11 is 0. The minimum absolute atomic E-state index is 0.0193. The van der Waals surface area contributed by atoms with Gasteiger partial charge in [-0.25, -0.2) is 9.18 Å². The molecule has 0 unspecified atom stereocenters. The smallest absolute Gasteiger partial charge is 0.325 e. The lowest BCUT2D eigenvalue weighted by Crippen LogP contribution is -2.20. The number of anilines is 2. The third-order valence-corrected chi connectivity index (χ3v) is 3.06. The molecule has 1 heterocycles. The molecule has 0 spiro atoms. The Morgan fingerprint density at radius 1 is 1.17 bits per heavy atom. The van der Waals surface area contributed by atoms with Gasteiger partial charge in [-0.2, -0.15) is 0 Å². The Bertz CT molecular complexity index is 700. The van der Waals surface area contributed by atoms with E-state index < -0.39 is 11.8 Å². The first-order valence-electron chi connectivity index (χ1n) is 6.90. The molecule has 0 bridgehead atoms. The first kappa shape index (κ1) is 16.6. The molecule has 1 aromatic heterocycles. The number of urea groups is 1. The number of rotatable bonds is 5. The molecule has 23 heavy (non-hydrogen) atoms. The van der Waals surface area contributed by atoms with Gasteiger partial charge in [0, 0.05) is 24.1 Å². The molecule has 8 heteroatoms. The summed E-state index contributed by atoms with van der Waals surface area (Å²) in [7, 11) is 2.75. The molecule has 0 fully saturated rings. The topological polar surface area (TPSA) is 85.6 Å². The third-order valence-electron chi connectivity index (χ3n) is 3.06. The molecular weight excluding hydrogens is 305 g/mol. The summed E-state index contributed by atoms with van der Waals surface area (Å²) in [6, 6.07) is 3.48. The van der Waals surface area contributed by atoms with Crippen molar-refractivity contribution in [2.45, 2.75) is 19.8 Å². The van der Waals surface area contributed by atoms with Crippen LogP contribution in [0.1, 0.15) is 25.5 Å². The van der Waals surface area contributed by atoms with Crippen molar-refractivity contribution in [2.75, 3.05) is 24.9 Å². The second-order valence-electron chi connectivity index (χ2n) is 5.04. The van der Waals surface area contributed by atoms with E-state index >= 15 is 0 Å². The van der Waals surface area contributed by atoms with Crippen molar-refractivity contribution in [1.29, 1.82) is 0 Å². The van der Waals surface area contributed by atoms with Crippen molar-refractivity contribution in [3.8, 4) is 11.5 Å². The van der Waals surface area contributed by atoms with Crippen molar-refractivity contribution in [3.63, 3.8) is 0 Å². The second-order valence-corrected chi connectivity index (χ2v) is 5.04. The monoisotopic (exact) mass is 323 g/mol. The maximum absolute atomic E-state index is 13.8. The lowest BCUT2D eigenvalue weighted by Gasteiger charge is -2.12. The largest absolute Gasteiger partial charge is 0.494 e. The van der Waals surface area contributed by atoms with E-state index in [1.807, 2.05) is 13.8 Å². The Hall–Kier alpha value is -2.77. The Morgan fingerprint density at radius 3 is 2.43 bits per heavy atom. The maximum atomic E-state index is 13.8. The molecule has 124 valence electrons. The van der Waals surface area contributed by atoms with Gasteiger partial charge in [0.25, 0.3) is 0 Å². The van der Waals surface area contributed by atoms with E-state index in [1.54, 1.807) is 6.07 Å². The zero-order valence-corrected chi connectivity index (χ0v) is 13.3. The summed E-state index contributed by atoms with van der Waals surface area (Å²) < 4.78 is 28.8. The molecule has 0 aliphatic rings. The Balaban J connectivity index is 2.11. The molecule has 0 atom stereocenters. The minimum Gasteiger partial charge on any atom is -0.494 e. The van der Waals surface area contributed by atoms with Gasteiger partial charge in [-0.3, -0.25) is 5.32 Å². The number of benzene rings is 1. The molecule has 1 aromatic carbocycles. The Labute approximate surface area is 132 Å². The highest BCUT2D eigenvalue weighted by molar-refractivity contribution is 6.00. The summed E-state index contributed by atoms with van der Waals surface area (Å²) in [4.78, 5) is 12.0. The van der Waals surface area contributed by atoms with Gasteiger partial charge in [-0.1, -0.05) is 19.0 Å². The van der Waals surface area contributed by atoms with E-state index in [0.717, 1.165) is 6.07 Å². The molecule has 7 nitrogen and oxygen atoms in total. The molecule has 0 radical (unpaired) electrons. The molecule has 2 N–H and O–H groups in total. The van der Waals surface area contributed by atoms with Crippen molar-refractivity contribution in [2.24, 2.45) is 0 Å². The van der Waals surface area contributed by atoms with Crippen LogP contribution in [0.15, 0.2) is 22.7 Å². The number of carbonyl (C=O) groups excluding carboxylic acids is 1. The zero-order chi connectivity index (χ0) is 17.0. The summed E-state index contributed by atoms with van der Waals surface area (Å²) in [6.07, 6.45) is 0. The molecule has 0 aliphatic carbocycles. The number of nitrogens with one attached hydrogen (secondary N) is 2. The van der Waals surface area contributed by atoms with Crippen LogP contribution < -0.4 is 20.1 Å². The van der Waals surface area contributed by atoms with Crippen LogP contribution >= 0.6 is 0 Å². The predicted molar refractivity (Wildman–Crippen MR) is 82.7 cm³/mol. The third kappa shape index (κ3) is 3.91. The van der Waals surface area contributed by atoms with E-state index in [0.29, 0.717) is 5.76 Å². The fourth-order valence-electron chi connectivity index (χ4n) is 1.85. The van der Waals surface area contributed by atoms with E-state index in [-0.39, 0.29) is 28.9 Å². The molecule has 2 amide bonds. The van der Waals surface area contributed by atoms with Gasteiger partial charge in [0.1, 0.15) is 11.5 Å². The number of halogens is 1. The average Bonchev–Trinajstić information content (AvgIpc) is 2.96. The zero-order valence-electron chi connectivity index (χ0n) is 13.3. The lowest BCUT2D eigenvalue weighted by molar-refractivity contribution is 0.261. The van der Waals surface area contributed by atoms with Crippen LogP contribution in [0, 0.1) is 5.82 Å². The fraction of sp³-hybridized carbons (Fsp3) is 0.333. The highest BCUT2D eigenvalue weighted by Gasteiger charge is 2.15. The highest BCUT2D eigenvalue weighted by atomic mass is 19.1. The SMILES string of the molecule is COc1cc(OC)c(NC(=O)Nc2cc(C(C)C)on2)cc1F. The molecule has 0 aliphatic heterocycles. The Morgan fingerprint density at radius 2 is 1.87 bits per heavy atom. The van der Waals surface area contributed by atoms with Crippen LogP contribution in [0.3, 0.4) is 0 Å². The van der Waals surface area contributed by atoms with Gasteiger partial charge in [-0.05, 0) is 0 Å². The van der Waals surface area contributed by atoms with Gasteiger partial charge in [0.15, 0.2) is 17.4 Å². The summed E-state index contributed by atoms with van der Waals surface area (Å²) in [5.74, 6) is 0.726. The number of carbonyl (C=O) groups is 1. The van der Waals surface area contributed by atoms with E-state index in [2.05, 4.69) is 15.8 Å². The van der Waals surface area contributed by atoms with Crippen molar-refractivity contribution in [1.82, 2.24) is 5.16 Å². The molecule has 0 saturated heterocycles. The van der Waals surface area contributed by atoms with Crippen molar-refractivity contribution >= 4 is 17.5 Å². The van der Waals surface area contributed by atoms with Crippen LogP contribution in [0.25, 0.3) is 0 Å². The van der Waals surface area contributed by atoms with Gasteiger partial charge < -0.3 is 19.3 Å². The summed E-state index contributed by atoms with van der Waals surface area (Å²) in [6.45, 7) is 3.88. The predicted octanol–water partition coefficient (Wildman–Crippen LogP) is 3.60. The first-order chi connectivity index (χ1) is 10.9. The Kier molecular flexibility index (Phi) is 5.05. The molecule has 2 aromatic rings. The molecule has 0 saturated carbocycles. The van der Waals surface area contributed by atoms with E-state index in [9.17, 15) is 9.18 Å². The standard InChI is InChI=1S/C15H18FN3O4/c1-8(2)11-7-14(19-23-11)18-15(20)17-10-5-9(16)12(21-3)6-13(10)22-4/h5-8H,1-4H3,(H2,17,18,19,20). The number of hydrogen-bond donors (Lipinski definition) is 2. The van der Waals surface area contributed by atoms with Crippen molar-refractivity contribution in [3.05, 3.63) is 29.8 Å². The molecular formula is C15H18FN3O4.